The molecule has 0 aromatic carbocycles. The first kappa shape index (κ1) is 19.7. The first-order valence-electron chi connectivity index (χ1n) is 8.84. The summed E-state index contributed by atoms with van der Waals surface area (Å²) in [6, 6.07) is -0.332. The fraction of sp³-hybridized carbons (Fsp3) is 0.941. The summed E-state index contributed by atoms with van der Waals surface area (Å²) in [5.74, 6) is 1.02. The first-order chi connectivity index (χ1) is 10.1. The second kappa shape index (κ2) is 9.74. The Hall–Kier alpha value is -0.320. The molecule has 2 aliphatic rings. The van der Waals surface area contributed by atoms with E-state index in [2.05, 4.69) is 4.90 Å². The average Bonchev–Trinajstić information content (AvgIpc) is 2.74. The molecule has 1 amide bonds. The molecule has 4 nitrogen and oxygen atoms in total. The van der Waals surface area contributed by atoms with Gasteiger partial charge in [0.25, 0.3) is 0 Å². The third kappa shape index (κ3) is 5.71. The quantitative estimate of drug-likeness (QED) is 0.861. The van der Waals surface area contributed by atoms with Gasteiger partial charge in [-0.3, -0.25) is 4.79 Å². The summed E-state index contributed by atoms with van der Waals surface area (Å²) in [5.41, 5.74) is 6.04. The van der Waals surface area contributed by atoms with Crippen LogP contribution in [0.1, 0.15) is 52.4 Å². The molecule has 2 N–H and O–H groups in total. The molecule has 0 aromatic heterocycles. The van der Waals surface area contributed by atoms with Crippen LogP contribution in [0.3, 0.4) is 0 Å². The van der Waals surface area contributed by atoms with E-state index in [1.54, 1.807) is 0 Å². The number of likely N-dealkylation sites (tertiary alicyclic amines) is 2. The van der Waals surface area contributed by atoms with Crippen molar-refractivity contribution in [1.29, 1.82) is 0 Å². The smallest absolute Gasteiger partial charge is 0.239 e. The average molecular weight is 332 g/mol. The van der Waals surface area contributed by atoms with Gasteiger partial charge in [-0.1, -0.05) is 26.7 Å². The molecular weight excluding hydrogens is 298 g/mol. The Morgan fingerprint density at radius 3 is 2.32 bits per heavy atom. The lowest BCUT2D eigenvalue weighted by atomic mass is 9.95. The zero-order chi connectivity index (χ0) is 15.2. The molecule has 0 radical (unpaired) electrons. The van der Waals surface area contributed by atoms with E-state index in [1.807, 2.05) is 18.7 Å². The van der Waals surface area contributed by atoms with Gasteiger partial charge in [0.15, 0.2) is 0 Å². The number of halogens is 1. The van der Waals surface area contributed by atoms with E-state index in [-0.39, 0.29) is 30.3 Å². The van der Waals surface area contributed by atoms with Crippen LogP contribution in [0.5, 0.6) is 0 Å². The molecule has 2 heterocycles. The Labute approximate surface area is 142 Å². The van der Waals surface area contributed by atoms with Crippen LogP contribution >= 0.6 is 12.4 Å². The van der Waals surface area contributed by atoms with Crippen LogP contribution in [-0.2, 0) is 4.79 Å². The summed E-state index contributed by atoms with van der Waals surface area (Å²) in [4.78, 5) is 17.1. The number of rotatable bonds is 4. The standard InChI is InChI=1S/C17H33N3O.ClH/c1-14(2)16(18)17(21)20-11-7-8-15(13-20)12-19-9-5-3-4-6-10-19;/h14-16H,3-13,18H2,1-2H3;1H/t15?,16-;/m0./s1. The molecule has 2 saturated heterocycles. The van der Waals surface area contributed by atoms with Crippen LogP contribution < -0.4 is 5.73 Å². The minimum atomic E-state index is -0.332. The molecule has 5 heteroatoms. The van der Waals surface area contributed by atoms with E-state index in [9.17, 15) is 4.79 Å². The predicted octanol–water partition coefficient (Wildman–Crippen LogP) is 2.51. The SMILES string of the molecule is CC(C)[C@H](N)C(=O)N1CCCC(CN2CCCCCC2)C1.Cl. The summed E-state index contributed by atoms with van der Waals surface area (Å²) in [5, 5.41) is 0. The third-order valence-corrected chi connectivity index (χ3v) is 5.05. The number of piperidine rings is 1. The number of nitrogens with two attached hydrogens (primary N) is 1. The fourth-order valence-electron chi connectivity index (χ4n) is 3.59. The number of carbonyl (C=O) groups excluding carboxylic acids is 1. The van der Waals surface area contributed by atoms with Crippen molar-refractivity contribution < 1.29 is 4.79 Å². The van der Waals surface area contributed by atoms with E-state index >= 15 is 0 Å². The Morgan fingerprint density at radius 2 is 1.73 bits per heavy atom. The Morgan fingerprint density at radius 1 is 1.09 bits per heavy atom. The highest BCUT2D eigenvalue weighted by atomic mass is 35.5. The van der Waals surface area contributed by atoms with Gasteiger partial charge in [-0.2, -0.15) is 0 Å². The highest BCUT2D eigenvalue weighted by molar-refractivity contribution is 5.85. The van der Waals surface area contributed by atoms with E-state index in [0.29, 0.717) is 5.92 Å². The van der Waals surface area contributed by atoms with E-state index in [4.69, 9.17) is 5.73 Å². The molecule has 0 bridgehead atoms. The van der Waals surface area contributed by atoms with E-state index in [0.717, 1.165) is 19.5 Å². The summed E-state index contributed by atoms with van der Waals surface area (Å²) < 4.78 is 0. The van der Waals surface area contributed by atoms with Crippen molar-refractivity contribution in [1.82, 2.24) is 9.80 Å². The van der Waals surface area contributed by atoms with Crippen LogP contribution in [0.4, 0.5) is 0 Å². The summed E-state index contributed by atoms with van der Waals surface area (Å²) in [7, 11) is 0. The van der Waals surface area contributed by atoms with Gasteiger partial charge >= 0.3 is 0 Å². The topological polar surface area (TPSA) is 49.6 Å². The zero-order valence-electron chi connectivity index (χ0n) is 14.3. The van der Waals surface area contributed by atoms with E-state index < -0.39 is 0 Å². The normalized spacial score (nSPS) is 25.5. The lowest BCUT2D eigenvalue weighted by Gasteiger charge is -2.37. The van der Waals surface area contributed by atoms with Crippen LogP contribution in [0.25, 0.3) is 0 Å². The summed E-state index contributed by atoms with van der Waals surface area (Å²) >= 11 is 0. The zero-order valence-corrected chi connectivity index (χ0v) is 15.1. The number of hydrogen-bond donors (Lipinski definition) is 1. The molecule has 0 saturated carbocycles. The molecule has 1 unspecified atom stereocenters. The van der Waals surface area contributed by atoms with Crippen molar-refractivity contribution in [2.75, 3.05) is 32.7 Å². The molecular formula is C17H34ClN3O. The molecule has 2 rings (SSSR count). The molecule has 2 fully saturated rings. The minimum absolute atomic E-state index is 0. The molecule has 2 aliphatic heterocycles. The number of carbonyl (C=O) groups is 1. The second-order valence-corrected chi connectivity index (χ2v) is 7.28. The molecule has 0 aliphatic carbocycles. The van der Waals surface area contributed by atoms with Gasteiger partial charge in [0.05, 0.1) is 6.04 Å². The predicted molar refractivity (Wildman–Crippen MR) is 94.3 cm³/mol. The maximum absolute atomic E-state index is 12.4. The van der Waals surface area contributed by atoms with Crippen LogP contribution in [0.2, 0.25) is 0 Å². The van der Waals surface area contributed by atoms with Crippen molar-refractivity contribution in [2.24, 2.45) is 17.6 Å². The number of amides is 1. The van der Waals surface area contributed by atoms with Gasteiger partial charge in [-0.05, 0) is 50.6 Å². The Bertz CT molecular complexity index is 330. The lowest BCUT2D eigenvalue weighted by molar-refractivity contribution is -0.135. The highest BCUT2D eigenvalue weighted by Crippen LogP contribution is 2.20. The van der Waals surface area contributed by atoms with Gasteiger partial charge in [-0.25, -0.2) is 0 Å². The molecule has 22 heavy (non-hydrogen) atoms. The van der Waals surface area contributed by atoms with Crippen LogP contribution in [0, 0.1) is 11.8 Å². The second-order valence-electron chi connectivity index (χ2n) is 7.28. The summed E-state index contributed by atoms with van der Waals surface area (Å²) in [6.07, 6.45) is 7.84. The van der Waals surface area contributed by atoms with Crippen molar-refractivity contribution in [3.8, 4) is 0 Å². The fourth-order valence-corrected chi connectivity index (χ4v) is 3.59. The van der Waals surface area contributed by atoms with Crippen LogP contribution in [0.15, 0.2) is 0 Å². The van der Waals surface area contributed by atoms with Gasteiger partial charge < -0.3 is 15.5 Å². The van der Waals surface area contributed by atoms with Crippen molar-refractivity contribution in [3.05, 3.63) is 0 Å². The van der Waals surface area contributed by atoms with Crippen LogP contribution in [-0.4, -0.2) is 54.5 Å². The maximum Gasteiger partial charge on any atom is 0.239 e. The number of hydrogen-bond acceptors (Lipinski definition) is 3. The van der Waals surface area contributed by atoms with E-state index in [1.165, 1.54) is 51.7 Å². The molecule has 130 valence electrons. The lowest BCUT2D eigenvalue weighted by Crippen LogP contribution is -2.51. The van der Waals surface area contributed by atoms with Crippen molar-refractivity contribution in [2.45, 2.75) is 58.4 Å². The minimum Gasteiger partial charge on any atom is -0.341 e. The molecule has 0 spiro atoms. The molecule has 2 atom stereocenters. The molecule has 0 aromatic rings. The third-order valence-electron chi connectivity index (χ3n) is 5.05. The maximum atomic E-state index is 12.4. The van der Waals surface area contributed by atoms with Crippen molar-refractivity contribution >= 4 is 18.3 Å². The monoisotopic (exact) mass is 331 g/mol. The van der Waals surface area contributed by atoms with Gasteiger partial charge in [0.1, 0.15) is 0 Å². The largest absolute Gasteiger partial charge is 0.341 e. The van der Waals surface area contributed by atoms with Gasteiger partial charge in [-0.15, -0.1) is 12.4 Å². The summed E-state index contributed by atoms with van der Waals surface area (Å²) in [6.45, 7) is 9.53. The Kier molecular flexibility index (Phi) is 8.73. The first-order valence-corrected chi connectivity index (χ1v) is 8.84. The van der Waals surface area contributed by atoms with Crippen molar-refractivity contribution in [3.63, 3.8) is 0 Å². The van der Waals surface area contributed by atoms with Gasteiger partial charge in [0.2, 0.25) is 5.91 Å². The number of nitrogens with zero attached hydrogens (tertiary/aromatic N) is 2. The highest BCUT2D eigenvalue weighted by Gasteiger charge is 2.29. The Balaban J connectivity index is 0.00000242. The van der Waals surface area contributed by atoms with Gasteiger partial charge in [0, 0.05) is 19.6 Å².